The van der Waals surface area contributed by atoms with Crippen molar-refractivity contribution in [2.45, 2.75) is 89.8 Å². The summed E-state index contributed by atoms with van der Waals surface area (Å²) in [6.45, 7) is 8.97. The van der Waals surface area contributed by atoms with Gasteiger partial charge in [0.2, 0.25) is 0 Å². The maximum atomic E-state index is 16.6. The first-order chi connectivity index (χ1) is 23.8. The number of carbonyl (C=O) groups excluding carboxylic acids is 1. The van der Waals surface area contributed by atoms with Crippen molar-refractivity contribution in [3.05, 3.63) is 35.4 Å². The first-order valence-corrected chi connectivity index (χ1v) is 17.9. The predicted octanol–water partition coefficient (Wildman–Crippen LogP) is 6.25. The summed E-state index contributed by atoms with van der Waals surface area (Å²) in [6.07, 6.45) is 10.9. The molecule has 1 saturated carbocycles. The number of aliphatic hydroxyl groups excluding tert-OH is 1. The summed E-state index contributed by atoms with van der Waals surface area (Å²) < 4.78 is 27.9. The number of anilines is 1. The molecule has 3 aliphatic heterocycles. The maximum Gasteiger partial charge on any atom is 0.407 e. The Labute approximate surface area is 290 Å². The van der Waals surface area contributed by atoms with E-state index in [0.717, 1.165) is 38.8 Å². The van der Waals surface area contributed by atoms with Crippen LogP contribution in [0.15, 0.2) is 24.5 Å². The monoisotopic (exact) mass is 696 g/mol. The number of pyridine rings is 1. The Morgan fingerprint density at radius 1 is 1.10 bits per heavy atom. The number of piperidine rings is 1. The van der Waals surface area contributed by atoms with Crippen LogP contribution in [0.4, 0.5) is 15.0 Å². The molecule has 6 heterocycles. The molecule has 0 spiro atoms. The lowest BCUT2D eigenvalue weighted by molar-refractivity contribution is 0.107. The van der Waals surface area contributed by atoms with Crippen molar-refractivity contribution >= 4 is 45.3 Å². The normalized spacial score (nSPS) is 21.0. The van der Waals surface area contributed by atoms with Gasteiger partial charge in [-0.25, -0.2) is 9.18 Å². The quantitative estimate of drug-likeness (QED) is 0.203. The number of alkyl carbamates (subject to hydrolysis) is 1. The zero-order chi connectivity index (χ0) is 34.5. The first kappa shape index (κ1) is 35.0. The number of β-amino-alcohol motifs (C(OH)–C–C–N with tert-alkyl or cyclic N) is 1. The molecule has 1 aliphatic carbocycles. The number of hydrogen-bond donors (Lipinski definition) is 3. The summed E-state index contributed by atoms with van der Waals surface area (Å²) in [5, 5.41) is 22.0. The number of aromatic nitrogens is 5. The van der Waals surface area contributed by atoms with Gasteiger partial charge in [0.15, 0.2) is 5.82 Å². The van der Waals surface area contributed by atoms with Crippen LogP contribution in [0.5, 0.6) is 6.01 Å². The van der Waals surface area contributed by atoms with Crippen molar-refractivity contribution < 1.29 is 23.8 Å². The molecule has 3 N–H and O–H groups in total. The van der Waals surface area contributed by atoms with Crippen molar-refractivity contribution in [1.82, 2.24) is 35.4 Å². The number of amides is 1. The molecule has 4 fully saturated rings. The minimum atomic E-state index is -0.771. The second kappa shape index (κ2) is 15.4. The van der Waals surface area contributed by atoms with Crippen LogP contribution in [-0.4, -0.2) is 98.3 Å². The van der Waals surface area contributed by atoms with Gasteiger partial charge in [-0.15, -0.1) is 0 Å². The SMILES string of the molecule is C1CC1.CC.CCOC(=O)NC1CC(O)CN(c2nc(OCC34CCCN3CCC4)nc3c(F)c(-c4cc(Cl)cc5[nH]ncc45)ncc23)C1. The van der Waals surface area contributed by atoms with E-state index in [-0.39, 0.29) is 35.9 Å². The number of hydrogen-bond acceptors (Lipinski definition) is 10. The maximum absolute atomic E-state index is 16.6. The summed E-state index contributed by atoms with van der Waals surface area (Å²) >= 11 is 6.37. The molecular weight excluding hydrogens is 651 g/mol. The van der Waals surface area contributed by atoms with Crippen LogP contribution in [0.1, 0.15) is 72.1 Å². The van der Waals surface area contributed by atoms with Crippen LogP contribution in [0.3, 0.4) is 0 Å². The van der Waals surface area contributed by atoms with Gasteiger partial charge in [-0.3, -0.25) is 15.0 Å². The number of halogens is 2. The number of rotatable bonds is 7. The van der Waals surface area contributed by atoms with Crippen LogP contribution < -0.4 is 15.0 Å². The van der Waals surface area contributed by atoms with Gasteiger partial charge in [0.25, 0.3) is 0 Å². The number of nitrogens with one attached hydrogen (secondary N) is 2. The predicted molar refractivity (Wildman–Crippen MR) is 188 cm³/mol. The van der Waals surface area contributed by atoms with E-state index >= 15 is 4.39 Å². The van der Waals surface area contributed by atoms with Crippen molar-refractivity contribution in [1.29, 1.82) is 0 Å². The lowest BCUT2D eigenvalue weighted by Crippen LogP contribution is -2.53. The van der Waals surface area contributed by atoms with Gasteiger partial charge in [0.05, 0.1) is 41.4 Å². The van der Waals surface area contributed by atoms with E-state index < -0.39 is 24.1 Å². The second-order valence-corrected chi connectivity index (χ2v) is 13.4. The lowest BCUT2D eigenvalue weighted by Gasteiger charge is -2.37. The molecule has 8 rings (SSSR count). The molecule has 4 aliphatic rings. The molecule has 0 bridgehead atoms. The fourth-order valence-corrected chi connectivity index (χ4v) is 7.29. The molecule has 4 aromatic rings. The Morgan fingerprint density at radius 3 is 2.57 bits per heavy atom. The van der Waals surface area contributed by atoms with E-state index in [0.29, 0.717) is 52.3 Å². The molecule has 14 heteroatoms. The molecule has 3 aromatic heterocycles. The van der Waals surface area contributed by atoms with Crippen molar-refractivity contribution in [2.75, 3.05) is 44.3 Å². The van der Waals surface area contributed by atoms with Crippen LogP contribution in [-0.2, 0) is 4.74 Å². The summed E-state index contributed by atoms with van der Waals surface area (Å²) in [5.74, 6) is -0.287. The third-order valence-electron chi connectivity index (χ3n) is 9.38. The molecule has 1 aromatic carbocycles. The highest BCUT2D eigenvalue weighted by Gasteiger charge is 2.45. The number of benzene rings is 1. The number of nitrogens with zero attached hydrogens (tertiary/aromatic N) is 6. The second-order valence-electron chi connectivity index (χ2n) is 12.9. The summed E-state index contributed by atoms with van der Waals surface area (Å²) in [6, 6.07) is 2.99. The number of aliphatic hydroxyl groups is 1. The molecule has 1 amide bonds. The van der Waals surface area contributed by atoms with Gasteiger partial charge >= 0.3 is 12.1 Å². The molecule has 0 radical (unpaired) electrons. The molecule has 49 heavy (non-hydrogen) atoms. The van der Waals surface area contributed by atoms with Gasteiger partial charge in [0, 0.05) is 35.3 Å². The number of carbonyl (C=O) groups is 1. The highest BCUT2D eigenvalue weighted by Crippen LogP contribution is 2.40. The summed E-state index contributed by atoms with van der Waals surface area (Å²) in [7, 11) is 0. The van der Waals surface area contributed by atoms with Gasteiger partial charge in [-0.2, -0.15) is 15.1 Å². The molecule has 2 unspecified atom stereocenters. The van der Waals surface area contributed by atoms with E-state index in [1.807, 2.05) is 18.7 Å². The van der Waals surface area contributed by atoms with E-state index in [1.54, 1.807) is 25.3 Å². The summed E-state index contributed by atoms with van der Waals surface area (Å²) in [5.41, 5.74) is 1.17. The fraction of sp³-hybridized carbons (Fsp3) is 0.571. The number of fused-ring (bicyclic) bond motifs is 3. The fourth-order valence-electron chi connectivity index (χ4n) is 7.08. The van der Waals surface area contributed by atoms with Gasteiger partial charge < -0.3 is 24.8 Å². The van der Waals surface area contributed by atoms with Crippen molar-refractivity contribution in [3.63, 3.8) is 0 Å². The molecule has 2 atom stereocenters. The zero-order valence-corrected chi connectivity index (χ0v) is 29.2. The summed E-state index contributed by atoms with van der Waals surface area (Å²) in [4.78, 5) is 30.3. The first-order valence-electron chi connectivity index (χ1n) is 17.6. The van der Waals surface area contributed by atoms with Crippen molar-refractivity contribution in [3.8, 4) is 17.3 Å². The molecular formula is C35H46ClFN8O4. The minimum absolute atomic E-state index is 0.0359. The van der Waals surface area contributed by atoms with Crippen LogP contribution >= 0.6 is 11.6 Å². The molecule has 264 valence electrons. The third kappa shape index (κ3) is 7.68. The van der Waals surface area contributed by atoms with Crippen LogP contribution in [0.25, 0.3) is 33.1 Å². The zero-order valence-electron chi connectivity index (χ0n) is 28.5. The third-order valence-corrected chi connectivity index (χ3v) is 9.60. The van der Waals surface area contributed by atoms with E-state index in [2.05, 4.69) is 30.4 Å². The van der Waals surface area contributed by atoms with E-state index in [1.165, 1.54) is 25.5 Å². The van der Waals surface area contributed by atoms with E-state index in [9.17, 15) is 9.90 Å². The Morgan fingerprint density at radius 2 is 1.86 bits per heavy atom. The van der Waals surface area contributed by atoms with Gasteiger partial charge in [-0.1, -0.05) is 44.7 Å². The van der Waals surface area contributed by atoms with Crippen molar-refractivity contribution in [2.24, 2.45) is 0 Å². The Kier molecular flexibility index (Phi) is 11.0. The average Bonchev–Trinajstić information content (AvgIpc) is 3.66. The van der Waals surface area contributed by atoms with Gasteiger partial charge in [0.1, 0.15) is 23.6 Å². The highest BCUT2D eigenvalue weighted by molar-refractivity contribution is 6.31. The van der Waals surface area contributed by atoms with Gasteiger partial charge in [-0.05, 0) is 64.3 Å². The van der Waals surface area contributed by atoms with Crippen LogP contribution in [0, 0.1) is 5.82 Å². The lowest BCUT2D eigenvalue weighted by atomic mass is 9.95. The smallest absolute Gasteiger partial charge is 0.407 e. The number of ether oxygens (including phenoxy) is 2. The number of H-pyrrole nitrogens is 1. The standard InChI is InChI=1S/C30H34ClFN8O4.C3H6.C2H6/c1-2-43-29(42)35-18-11-19(41)15-39(14-18)27-22-12-33-25(20-9-17(31)10-23-21(20)13-34-38-23)24(32)26(22)36-28(37-27)44-16-30-5-3-7-40(30)8-4-6-30;1-2-3-1;1-2/h9-10,12-13,18-19,41H,2-8,11,14-16H2,1H3,(H,34,38)(H,35,42);1-3H2;1-2H3. The van der Waals surface area contributed by atoms with Crippen LogP contribution in [0.2, 0.25) is 5.02 Å². The largest absolute Gasteiger partial charge is 0.461 e. The minimum Gasteiger partial charge on any atom is -0.461 e. The molecule has 3 saturated heterocycles. The Balaban J connectivity index is 0.000000778. The molecule has 12 nitrogen and oxygen atoms in total. The topological polar surface area (TPSA) is 142 Å². The number of aromatic amines is 1. The highest BCUT2D eigenvalue weighted by atomic mass is 35.5. The average molecular weight is 697 g/mol. The van der Waals surface area contributed by atoms with E-state index in [4.69, 9.17) is 26.1 Å². The Hall–Kier alpha value is -3.81. The Bertz CT molecular complexity index is 1760.